The number of hydrogen-bond acceptors (Lipinski definition) is 5. The number of carbonyl (C=O) groups excluding carboxylic acids is 3. The molecule has 2 amide bonds. The maximum absolute atomic E-state index is 12.4. The van der Waals surface area contributed by atoms with Crippen molar-refractivity contribution in [3.05, 3.63) is 95.0 Å². The SMILES string of the molecule is COc1ccc(NC(=O)c2ccc(NC(=O)COC(=O)/C=C/c3ccccc3Cl)cc2)cc1. The van der Waals surface area contributed by atoms with Crippen molar-refractivity contribution in [1.29, 1.82) is 0 Å². The van der Waals surface area contributed by atoms with Gasteiger partial charge in [-0.2, -0.15) is 0 Å². The minimum atomic E-state index is -0.671. The average molecular weight is 465 g/mol. The van der Waals surface area contributed by atoms with Gasteiger partial charge in [0.05, 0.1) is 7.11 Å². The van der Waals surface area contributed by atoms with E-state index in [1.54, 1.807) is 79.9 Å². The third-order valence-electron chi connectivity index (χ3n) is 4.43. The Morgan fingerprint density at radius 3 is 2.18 bits per heavy atom. The molecule has 0 fully saturated rings. The van der Waals surface area contributed by atoms with Gasteiger partial charge in [0.25, 0.3) is 11.8 Å². The van der Waals surface area contributed by atoms with E-state index in [4.69, 9.17) is 21.1 Å². The second-order valence-corrected chi connectivity index (χ2v) is 7.18. The molecule has 0 heterocycles. The van der Waals surface area contributed by atoms with Gasteiger partial charge >= 0.3 is 5.97 Å². The van der Waals surface area contributed by atoms with Crippen LogP contribution in [0.4, 0.5) is 11.4 Å². The predicted octanol–water partition coefficient (Wildman–Crippen LogP) is 4.80. The van der Waals surface area contributed by atoms with Gasteiger partial charge in [0.1, 0.15) is 5.75 Å². The van der Waals surface area contributed by atoms with Gasteiger partial charge in [0, 0.05) is 28.0 Å². The molecule has 0 radical (unpaired) electrons. The number of amides is 2. The van der Waals surface area contributed by atoms with Gasteiger partial charge in [-0.25, -0.2) is 4.79 Å². The molecule has 2 N–H and O–H groups in total. The van der Waals surface area contributed by atoms with Gasteiger partial charge in [-0.05, 0) is 66.2 Å². The van der Waals surface area contributed by atoms with E-state index >= 15 is 0 Å². The third-order valence-corrected chi connectivity index (χ3v) is 4.77. The second kappa shape index (κ2) is 11.5. The minimum absolute atomic E-state index is 0.294. The van der Waals surface area contributed by atoms with Crippen LogP contribution in [0.25, 0.3) is 6.08 Å². The first-order valence-electron chi connectivity index (χ1n) is 9.89. The van der Waals surface area contributed by atoms with E-state index in [0.717, 1.165) is 0 Å². The lowest BCUT2D eigenvalue weighted by atomic mass is 10.2. The summed E-state index contributed by atoms with van der Waals surface area (Å²) in [7, 11) is 1.57. The molecule has 0 unspecified atom stereocenters. The molecule has 33 heavy (non-hydrogen) atoms. The molecule has 0 aromatic heterocycles. The van der Waals surface area contributed by atoms with Crippen LogP contribution in [0.15, 0.2) is 78.9 Å². The number of carbonyl (C=O) groups is 3. The van der Waals surface area contributed by atoms with Crippen molar-refractivity contribution in [2.24, 2.45) is 0 Å². The average Bonchev–Trinajstić information content (AvgIpc) is 2.83. The molecule has 0 bridgehead atoms. The Kier molecular flexibility index (Phi) is 8.21. The fourth-order valence-corrected chi connectivity index (χ4v) is 2.93. The summed E-state index contributed by atoms with van der Waals surface area (Å²) >= 11 is 6.01. The Morgan fingerprint density at radius 1 is 0.879 bits per heavy atom. The van der Waals surface area contributed by atoms with Crippen LogP contribution in [0.2, 0.25) is 5.02 Å². The Hall–Kier alpha value is -4.10. The fourth-order valence-electron chi connectivity index (χ4n) is 2.73. The first-order chi connectivity index (χ1) is 15.9. The summed E-state index contributed by atoms with van der Waals surface area (Å²) in [4.78, 5) is 36.2. The lowest BCUT2D eigenvalue weighted by Crippen LogP contribution is -2.20. The quantitative estimate of drug-likeness (QED) is 0.369. The highest BCUT2D eigenvalue weighted by molar-refractivity contribution is 6.32. The molecule has 0 spiro atoms. The molecule has 168 valence electrons. The molecule has 0 aliphatic carbocycles. The van der Waals surface area contributed by atoms with E-state index in [-0.39, 0.29) is 5.91 Å². The Morgan fingerprint density at radius 2 is 1.52 bits per heavy atom. The van der Waals surface area contributed by atoms with Crippen molar-refractivity contribution in [2.75, 3.05) is 24.4 Å². The number of halogens is 1. The van der Waals surface area contributed by atoms with Crippen LogP contribution < -0.4 is 15.4 Å². The molecule has 0 atom stereocenters. The lowest BCUT2D eigenvalue weighted by molar-refractivity contribution is -0.142. The number of anilines is 2. The fraction of sp³-hybridized carbons (Fsp3) is 0.0800. The Balaban J connectivity index is 1.46. The Bertz CT molecular complexity index is 1160. The lowest BCUT2D eigenvalue weighted by Gasteiger charge is -2.08. The number of esters is 1. The van der Waals surface area contributed by atoms with E-state index in [2.05, 4.69) is 10.6 Å². The summed E-state index contributed by atoms with van der Waals surface area (Å²) in [5, 5.41) is 5.88. The van der Waals surface area contributed by atoms with Gasteiger partial charge in [0.15, 0.2) is 6.61 Å². The summed E-state index contributed by atoms with van der Waals surface area (Å²) < 4.78 is 10.0. The van der Waals surface area contributed by atoms with E-state index in [0.29, 0.717) is 33.3 Å². The zero-order valence-electron chi connectivity index (χ0n) is 17.7. The van der Waals surface area contributed by atoms with Crippen molar-refractivity contribution in [3.63, 3.8) is 0 Å². The highest BCUT2D eigenvalue weighted by atomic mass is 35.5. The highest BCUT2D eigenvalue weighted by Gasteiger charge is 2.09. The van der Waals surface area contributed by atoms with Crippen LogP contribution >= 0.6 is 11.6 Å². The molecule has 0 aliphatic rings. The maximum atomic E-state index is 12.4. The number of hydrogen-bond donors (Lipinski definition) is 2. The summed E-state index contributed by atoms with van der Waals surface area (Å²) in [6, 6.07) is 20.3. The summed E-state index contributed by atoms with van der Waals surface area (Å²) in [6.45, 7) is -0.453. The molecule has 7 nitrogen and oxygen atoms in total. The molecule has 3 aromatic carbocycles. The zero-order chi connectivity index (χ0) is 23.6. The molecule has 0 aliphatic heterocycles. The molecule has 8 heteroatoms. The van der Waals surface area contributed by atoms with Crippen molar-refractivity contribution in [1.82, 2.24) is 0 Å². The summed E-state index contributed by atoms with van der Waals surface area (Å²) in [5.41, 5.74) is 2.17. The highest BCUT2D eigenvalue weighted by Crippen LogP contribution is 2.17. The third kappa shape index (κ3) is 7.22. The number of nitrogens with one attached hydrogen (secondary N) is 2. The smallest absolute Gasteiger partial charge is 0.331 e. The van der Waals surface area contributed by atoms with Gasteiger partial charge in [-0.15, -0.1) is 0 Å². The minimum Gasteiger partial charge on any atom is -0.497 e. The standard InChI is InChI=1S/C25H21ClN2O5/c1-32-21-13-11-20(12-14-21)28-25(31)18-6-9-19(10-7-18)27-23(29)16-33-24(30)15-8-17-4-2-3-5-22(17)26/h2-15H,16H2,1H3,(H,27,29)(H,28,31)/b15-8+. The van der Waals surface area contributed by atoms with E-state index in [9.17, 15) is 14.4 Å². The zero-order valence-corrected chi connectivity index (χ0v) is 18.5. The molecule has 0 saturated carbocycles. The maximum Gasteiger partial charge on any atom is 0.331 e. The van der Waals surface area contributed by atoms with Crippen LogP contribution in [0.3, 0.4) is 0 Å². The van der Waals surface area contributed by atoms with E-state index in [1.807, 2.05) is 0 Å². The van der Waals surface area contributed by atoms with Crippen LogP contribution in [-0.2, 0) is 14.3 Å². The number of methoxy groups -OCH3 is 1. The second-order valence-electron chi connectivity index (χ2n) is 6.77. The van der Waals surface area contributed by atoms with E-state index < -0.39 is 18.5 Å². The van der Waals surface area contributed by atoms with Gasteiger partial charge in [-0.1, -0.05) is 29.8 Å². The normalized spacial score (nSPS) is 10.5. The van der Waals surface area contributed by atoms with Crippen LogP contribution in [0, 0.1) is 0 Å². The van der Waals surface area contributed by atoms with Crippen molar-refractivity contribution in [2.45, 2.75) is 0 Å². The number of ether oxygens (including phenoxy) is 2. The molecule has 3 aromatic rings. The van der Waals surface area contributed by atoms with E-state index in [1.165, 1.54) is 12.2 Å². The van der Waals surface area contributed by atoms with Gasteiger partial charge in [-0.3, -0.25) is 9.59 Å². The largest absolute Gasteiger partial charge is 0.497 e. The number of benzene rings is 3. The first-order valence-corrected chi connectivity index (χ1v) is 10.3. The summed E-state index contributed by atoms with van der Waals surface area (Å²) in [5.74, 6) is -0.784. The van der Waals surface area contributed by atoms with Crippen molar-refractivity contribution >= 4 is 46.8 Å². The predicted molar refractivity (Wildman–Crippen MR) is 127 cm³/mol. The topological polar surface area (TPSA) is 93.7 Å². The van der Waals surface area contributed by atoms with Crippen molar-refractivity contribution in [3.8, 4) is 5.75 Å². The van der Waals surface area contributed by atoms with Crippen LogP contribution in [0.5, 0.6) is 5.75 Å². The van der Waals surface area contributed by atoms with Gasteiger partial charge < -0.3 is 20.1 Å². The molecular formula is C25H21ClN2O5. The van der Waals surface area contributed by atoms with Crippen LogP contribution in [-0.4, -0.2) is 31.5 Å². The molecule has 0 saturated heterocycles. The summed E-state index contributed by atoms with van der Waals surface area (Å²) in [6.07, 6.45) is 2.71. The van der Waals surface area contributed by atoms with Crippen LogP contribution in [0.1, 0.15) is 15.9 Å². The van der Waals surface area contributed by atoms with Crippen molar-refractivity contribution < 1.29 is 23.9 Å². The molecule has 3 rings (SSSR count). The number of rotatable bonds is 8. The van der Waals surface area contributed by atoms with Gasteiger partial charge in [0.2, 0.25) is 0 Å². The Labute approximate surface area is 196 Å². The molecular weight excluding hydrogens is 444 g/mol. The first kappa shape index (κ1) is 23.6. The monoisotopic (exact) mass is 464 g/mol.